The first-order chi connectivity index (χ1) is 6.26. The van der Waals surface area contributed by atoms with Crippen molar-refractivity contribution in [2.75, 3.05) is 14.2 Å². The highest BCUT2D eigenvalue weighted by atomic mass is 16.5. The molecular weight excluding hydrogens is 162 g/mol. The maximum Gasteiger partial charge on any atom is 0.0693 e. The number of rotatable bonds is 6. The fourth-order valence-electron chi connectivity index (χ4n) is 2.02. The van der Waals surface area contributed by atoms with Crippen LogP contribution >= 0.6 is 0 Å². The van der Waals surface area contributed by atoms with Crippen LogP contribution in [-0.2, 0) is 4.74 Å². The summed E-state index contributed by atoms with van der Waals surface area (Å²) in [6.45, 7) is 3.77. The van der Waals surface area contributed by atoms with Gasteiger partial charge in [-0.25, -0.2) is 0 Å². The maximum atomic E-state index is 5.58. The van der Waals surface area contributed by atoms with Gasteiger partial charge in [0.25, 0.3) is 0 Å². The molecule has 0 saturated heterocycles. The minimum absolute atomic E-state index is 0.177. The molecule has 0 spiro atoms. The minimum atomic E-state index is 0.177. The average molecular weight is 183 g/mol. The minimum Gasteiger partial charge on any atom is -0.378 e. The van der Waals surface area contributed by atoms with E-state index in [9.17, 15) is 0 Å². The molecule has 1 fully saturated rings. The van der Waals surface area contributed by atoms with E-state index < -0.39 is 0 Å². The smallest absolute Gasteiger partial charge is 0.0693 e. The summed E-state index contributed by atoms with van der Waals surface area (Å²) in [5, 5.41) is 3.31. The first-order valence-corrected chi connectivity index (χ1v) is 5.09. The van der Waals surface area contributed by atoms with Crippen molar-refractivity contribution in [2.24, 2.45) is 0 Å². The summed E-state index contributed by atoms with van der Waals surface area (Å²) in [4.78, 5) is 0. The van der Waals surface area contributed by atoms with E-state index in [1.807, 2.05) is 20.2 Å². The molecule has 13 heavy (non-hydrogen) atoms. The fraction of sp³-hybridized carbons (Fsp3) is 0.818. The Morgan fingerprint density at radius 2 is 2.31 bits per heavy atom. The van der Waals surface area contributed by atoms with E-state index >= 15 is 0 Å². The Morgan fingerprint density at radius 1 is 1.62 bits per heavy atom. The van der Waals surface area contributed by atoms with Crippen molar-refractivity contribution in [2.45, 2.75) is 43.7 Å². The summed E-state index contributed by atoms with van der Waals surface area (Å²) in [5.74, 6) is 0. The lowest BCUT2D eigenvalue weighted by atomic mass is 9.75. The molecule has 1 atom stereocenters. The average Bonchev–Trinajstić information content (AvgIpc) is 2.09. The Balaban J connectivity index is 2.38. The highest BCUT2D eigenvalue weighted by Crippen LogP contribution is 2.39. The van der Waals surface area contributed by atoms with Crippen molar-refractivity contribution in [3.8, 4) is 0 Å². The standard InChI is InChI=1S/C11H21NO/c1-4-6-10(12-2)9-11(13-3)7-5-8-11/h4,10,12H,1,5-9H2,2-3H3. The third-order valence-electron chi connectivity index (χ3n) is 3.18. The lowest BCUT2D eigenvalue weighted by Crippen LogP contribution is -2.45. The fourth-order valence-corrected chi connectivity index (χ4v) is 2.02. The van der Waals surface area contributed by atoms with Crippen molar-refractivity contribution in [3.05, 3.63) is 12.7 Å². The van der Waals surface area contributed by atoms with Gasteiger partial charge in [-0.05, 0) is 39.2 Å². The second-order valence-corrected chi connectivity index (χ2v) is 3.95. The predicted molar refractivity (Wildman–Crippen MR) is 55.9 cm³/mol. The second kappa shape index (κ2) is 4.77. The molecule has 1 aliphatic carbocycles. The zero-order valence-corrected chi connectivity index (χ0v) is 8.81. The number of ether oxygens (including phenoxy) is 1. The second-order valence-electron chi connectivity index (χ2n) is 3.95. The molecule has 1 aliphatic rings. The Kier molecular flexibility index (Phi) is 3.94. The molecule has 0 heterocycles. The zero-order chi connectivity index (χ0) is 9.73. The van der Waals surface area contributed by atoms with Gasteiger partial charge >= 0.3 is 0 Å². The van der Waals surface area contributed by atoms with E-state index in [2.05, 4.69) is 11.9 Å². The van der Waals surface area contributed by atoms with Crippen molar-refractivity contribution in [3.63, 3.8) is 0 Å². The van der Waals surface area contributed by atoms with Crippen LogP contribution in [0.1, 0.15) is 32.1 Å². The van der Waals surface area contributed by atoms with E-state index in [1.54, 1.807) is 0 Å². The van der Waals surface area contributed by atoms with E-state index in [0.29, 0.717) is 6.04 Å². The number of hydrogen-bond donors (Lipinski definition) is 1. The van der Waals surface area contributed by atoms with Crippen LogP contribution in [-0.4, -0.2) is 25.8 Å². The molecule has 2 nitrogen and oxygen atoms in total. The normalized spacial score (nSPS) is 22.0. The first-order valence-electron chi connectivity index (χ1n) is 5.09. The van der Waals surface area contributed by atoms with Crippen molar-refractivity contribution in [1.29, 1.82) is 0 Å². The van der Waals surface area contributed by atoms with Gasteiger partial charge in [0.05, 0.1) is 5.60 Å². The largest absolute Gasteiger partial charge is 0.378 e. The van der Waals surface area contributed by atoms with Crippen LogP contribution in [0.2, 0.25) is 0 Å². The molecule has 0 aromatic rings. The molecule has 1 saturated carbocycles. The molecule has 0 amide bonds. The highest BCUT2D eigenvalue weighted by Gasteiger charge is 2.38. The lowest BCUT2D eigenvalue weighted by Gasteiger charge is -2.42. The molecule has 0 aromatic carbocycles. The van der Waals surface area contributed by atoms with E-state index in [4.69, 9.17) is 4.74 Å². The highest BCUT2D eigenvalue weighted by molar-refractivity contribution is 4.94. The molecule has 1 rings (SSSR count). The Hall–Kier alpha value is -0.340. The number of hydrogen-bond acceptors (Lipinski definition) is 2. The van der Waals surface area contributed by atoms with E-state index in [0.717, 1.165) is 12.8 Å². The van der Waals surface area contributed by atoms with Gasteiger partial charge in [0.2, 0.25) is 0 Å². The van der Waals surface area contributed by atoms with Gasteiger partial charge < -0.3 is 10.1 Å². The third-order valence-corrected chi connectivity index (χ3v) is 3.18. The monoisotopic (exact) mass is 183 g/mol. The number of nitrogens with one attached hydrogen (secondary N) is 1. The summed E-state index contributed by atoms with van der Waals surface area (Å²) < 4.78 is 5.58. The molecule has 1 unspecified atom stereocenters. The maximum absolute atomic E-state index is 5.58. The zero-order valence-electron chi connectivity index (χ0n) is 8.81. The van der Waals surface area contributed by atoms with Crippen molar-refractivity contribution >= 4 is 0 Å². The van der Waals surface area contributed by atoms with Crippen LogP contribution in [0.25, 0.3) is 0 Å². The molecule has 1 N–H and O–H groups in total. The van der Waals surface area contributed by atoms with Gasteiger partial charge in [0, 0.05) is 13.2 Å². The van der Waals surface area contributed by atoms with Crippen molar-refractivity contribution in [1.82, 2.24) is 5.32 Å². The Bertz CT molecular complexity index is 158. The molecule has 2 heteroatoms. The summed E-state index contributed by atoms with van der Waals surface area (Å²) in [6.07, 6.45) is 7.88. The van der Waals surface area contributed by atoms with Gasteiger partial charge in [0.15, 0.2) is 0 Å². The van der Waals surface area contributed by atoms with Crippen LogP contribution in [0.15, 0.2) is 12.7 Å². The molecule has 0 aromatic heterocycles. The van der Waals surface area contributed by atoms with Gasteiger partial charge in [-0.15, -0.1) is 6.58 Å². The topological polar surface area (TPSA) is 21.3 Å². The third kappa shape index (κ3) is 2.55. The van der Waals surface area contributed by atoms with Crippen LogP contribution in [0.5, 0.6) is 0 Å². The molecular formula is C11H21NO. The van der Waals surface area contributed by atoms with Gasteiger partial charge in [-0.1, -0.05) is 6.08 Å². The van der Waals surface area contributed by atoms with Gasteiger partial charge in [-0.2, -0.15) is 0 Å². The summed E-state index contributed by atoms with van der Waals surface area (Å²) >= 11 is 0. The van der Waals surface area contributed by atoms with Crippen LogP contribution < -0.4 is 5.32 Å². The summed E-state index contributed by atoms with van der Waals surface area (Å²) in [5.41, 5.74) is 0.177. The van der Waals surface area contributed by atoms with Crippen LogP contribution in [0.4, 0.5) is 0 Å². The summed E-state index contributed by atoms with van der Waals surface area (Å²) in [6, 6.07) is 0.526. The summed E-state index contributed by atoms with van der Waals surface area (Å²) in [7, 11) is 3.84. The molecule has 76 valence electrons. The quantitative estimate of drug-likeness (QED) is 0.637. The predicted octanol–water partition coefficient (Wildman–Crippen LogP) is 2.11. The van der Waals surface area contributed by atoms with E-state index in [-0.39, 0.29) is 5.60 Å². The van der Waals surface area contributed by atoms with E-state index in [1.165, 1.54) is 19.3 Å². The molecule has 0 aliphatic heterocycles. The van der Waals surface area contributed by atoms with Crippen molar-refractivity contribution < 1.29 is 4.74 Å². The SMILES string of the molecule is C=CCC(CC1(OC)CCC1)NC. The van der Waals surface area contributed by atoms with Crippen LogP contribution in [0.3, 0.4) is 0 Å². The lowest BCUT2D eigenvalue weighted by molar-refractivity contribution is -0.0829. The number of methoxy groups -OCH3 is 1. The Morgan fingerprint density at radius 3 is 2.62 bits per heavy atom. The van der Waals surface area contributed by atoms with Gasteiger partial charge in [-0.3, -0.25) is 0 Å². The Labute approximate surface area is 81.4 Å². The molecule has 0 bridgehead atoms. The van der Waals surface area contributed by atoms with Crippen LogP contribution in [0, 0.1) is 0 Å². The molecule has 0 radical (unpaired) electrons. The first kappa shape index (κ1) is 10.7. The van der Waals surface area contributed by atoms with Gasteiger partial charge in [0.1, 0.15) is 0 Å².